The summed E-state index contributed by atoms with van der Waals surface area (Å²) in [5.74, 6) is -0.199. The van der Waals surface area contributed by atoms with Crippen molar-refractivity contribution in [3.63, 3.8) is 0 Å². The zero-order chi connectivity index (χ0) is 12.7. The number of hydrogen-bond acceptors (Lipinski definition) is 3. The number of thiazole rings is 1. The average Bonchev–Trinajstić information content (AvgIpc) is 2.74. The van der Waals surface area contributed by atoms with E-state index < -0.39 is 0 Å². The van der Waals surface area contributed by atoms with E-state index in [2.05, 4.69) is 4.98 Å². The molecule has 1 unspecified atom stereocenters. The van der Waals surface area contributed by atoms with Crippen molar-refractivity contribution in [1.82, 2.24) is 4.98 Å². The van der Waals surface area contributed by atoms with Gasteiger partial charge >= 0.3 is 0 Å². The molecule has 0 saturated carbocycles. The Kier molecular flexibility index (Phi) is 2.92. The van der Waals surface area contributed by atoms with Gasteiger partial charge in [0, 0.05) is 16.5 Å². The smallest absolute Gasteiger partial charge is 0.133 e. The number of aromatic nitrogens is 1. The second-order valence-electron chi connectivity index (χ2n) is 4.81. The number of rotatable bonds is 1. The lowest BCUT2D eigenvalue weighted by molar-refractivity contribution is 0.564. The first-order valence-electron chi connectivity index (χ1n) is 6.17. The summed E-state index contributed by atoms with van der Waals surface area (Å²) in [6, 6.07) is 5.29. The predicted octanol–water partition coefficient (Wildman–Crippen LogP) is 3.59. The van der Waals surface area contributed by atoms with Gasteiger partial charge in [-0.3, -0.25) is 0 Å². The fourth-order valence-electron chi connectivity index (χ4n) is 2.36. The average molecular weight is 262 g/mol. The molecule has 0 fully saturated rings. The molecular formula is C14H15FN2S. The number of hydrogen-bond donors (Lipinski definition) is 1. The highest BCUT2D eigenvalue weighted by Crippen LogP contribution is 2.36. The number of benzene rings is 1. The van der Waals surface area contributed by atoms with E-state index in [-0.39, 0.29) is 11.9 Å². The largest absolute Gasteiger partial charge is 0.323 e. The lowest BCUT2D eigenvalue weighted by Crippen LogP contribution is -2.16. The highest BCUT2D eigenvalue weighted by Gasteiger charge is 2.23. The van der Waals surface area contributed by atoms with Crippen LogP contribution < -0.4 is 5.73 Å². The molecule has 18 heavy (non-hydrogen) atoms. The molecule has 1 aliphatic carbocycles. The van der Waals surface area contributed by atoms with Crippen molar-refractivity contribution in [3.05, 3.63) is 40.2 Å². The Morgan fingerprint density at radius 3 is 3.00 bits per heavy atom. The Bertz CT molecular complexity index is 591. The zero-order valence-corrected chi connectivity index (χ0v) is 11.1. The maximum atomic E-state index is 13.9. The number of fused-ring (bicyclic) bond motifs is 1. The van der Waals surface area contributed by atoms with Crippen LogP contribution in [0.25, 0.3) is 10.6 Å². The van der Waals surface area contributed by atoms with Crippen molar-refractivity contribution in [3.8, 4) is 10.6 Å². The van der Waals surface area contributed by atoms with Gasteiger partial charge in [-0.15, -0.1) is 11.3 Å². The third-order valence-electron chi connectivity index (χ3n) is 3.35. The normalized spacial score (nSPS) is 18.7. The van der Waals surface area contributed by atoms with E-state index in [1.807, 2.05) is 13.0 Å². The van der Waals surface area contributed by atoms with Gasteiger partial charge in [-0.25, -0.2) is 9.37 Å². The van der Waals surface area contributed by atoms with Gasteiger partial charge in [-0.05, 0) is 43.9 Å². The number of halogens is 1. The van der Waals surface area contributed by atoms with E-state index in [0.717, 1.165) is 35.5 Å². The molecule has 2 aromatic rings. The van der Waals surface area contributed by atoms with Crippen LogP contribution in [0.4, 0.5) is 4.39 Å². The molecular weight excluding hydrogens is 247 g/mol. The predicted molar refractivity (Wildman–Crippen MR) is 72.1 cm³/mol. The molecule has 0 bridgehead atoms. The standard InChI is InChI=1S/C14H15FN2S/c1-8-5-6-9(10(15)7-8)14-17-13-11(16)3-2-4-12(13)18-14/h5-7,11H,2-4,16H2,1H3. The maximum absolute atomic E-state index is 13.9. The SMILES string of the molecule is Cc1ccc(-c2nc3c(s2)CCCC3N)c(F)c1. The van der Waals surface area contributed by atoms with Crippen LogP contribution in [0.2, 0.25) is 0 Å². The van der Waals surface area contributed by atoms with Crippen LogP contribution in [0.15, 0.2) is 18.2 Å². The highest BCUT2D eigenvalue weighted by atomic mass is 32.1. The summed E-state index contributed by atoms with van der Waals surface area (Å²) in [5, 5.41) is 0.759. The molecule has 1 aromatic heterocycles. The summed E-state index contributed by atoms with van der Waals surface area (Å²) in [6.45, 7) is 1.88. The second kappa shape index (κ2) is 4.44. The summed E-state index contributed by atoms with van der Waals surface area (Å²) in [5.41, 5.74) is 8.54. The van der Waals surface area contributed by atoms with Crippen LogP contribution >= 0.6 is 11.3 Å². The zero-order valence-electron chi connectivity index (χ0n) is 10.2. The minimum absolute atomic E-state index is 0.0206. The van der Waals surface area contributed by atoms with Crippen molar-refractivity contribution in [2.45, 2.75) is 32.2 Å². The number of nitrogens with two attached hydrogens (primary N) is 1. The fourth-order valence-corrected chi connectivity index (χ4v) is 3.56. The topological polar surface area (TPSA) is 38.9 Å². The summed E-state index contributed by atoms with van der Waals surface area (Å²) in [4.78, 5) is 5.77. The molecule has 0 amide bonds. The third-order valence-corrected chi connectivity index (χ3v) is 4.52. The van der Waals surface area contributed by atoms with Crippen LogP contribution in [-0.4, -0.2) is 4.98 Å². The van der Waals surface area contributed by atoms with E-state index in [9.17, 15) is 4.39 Å². The van der Waals surface area contributed by atoms with Crippen molar-refractivity contribution in [2.24, 2.45) is 5.73 Å². The van der Waals surface area contributed by atoms with E-state index in [1.54, 1.807) is 23.5 Å². The Morgan fingerprint density at radius 1 is 1.44 bits per heavy atom. The van der Waals surface area contributed by atoms with Crippen molar-refractivity contribution in [1.29, 1.82) is 0 Å². The molecule has 1 heterocycles. The molecule has 1 aromatic carbocycles. The first-order chi connectivity index (χ1) is 8.65. The maximum Gasteiger partial charge on any atom is 0.133 e. The van der Waals surface area contributed by atoms with Crippen LogP contribution in [0.3, 0.4) is 0 Å². The minimum Gasteiger partial charge on any atom is -0.323 e. The van der Waals surface area contributed by atoms with Gasteiger partial charge in [0.25, 0.3) is 0 Å². The van der Waals surface area contributed by atoms with Crippen LogP contribution in [-0.2, 0) is 6.42 Å². The summed E-state index contributed by atoms with van der Waals surface area (Å²) < 4.78 is 13.9. The van der Waals surface area contributed by atoms with Crippen LogP contribution in [0, 0.1) is 12.7 Å². The lowest BCUT2D eigenvalue weighted by atomic mass is 9.99. The molecule has 94 valence electrons. The monoisotopic (exact) mass is 262 g/mol. The van der Waals surface area contributed by atoms with Gasteiger partial charge in [-0.1, -0.05) is 6.07 Å². The second-order valence-corrected chi connectivity index (χ2v) is 5.89. The van der Waals surface area contributed by atoms with Gasteiger partial charge in [-0.2, -0.15) is 0 Å². The highest BCUT2D eigenvalue weighted by molar-refractivity contribution is 7.15. The van der Waals surface area contributed by atoms with Gasteiger partial charge < -0.3 is 5.73 Å². The summed E-state index contributed by atoms with van der Waals surface area (Å²) in [7, 11) is 0. The Hall–Kier alpha value is -1.26. The molecule has 0 saturated heterocycles. The molecule has 1 aliphatic rings. The molecule has 1 atom stereocenters. The summed E-state index contributed by atoms with van der Waals surface area (Å²) in [6.07, 6.45) is 3.10. The number of nitrogens with zero attached hydrogens (tertiary/aromatic N) is 1. The van der Waals surface area contributed by atoms with E-state index >= 15 is 0 Å². The number of aryl methyl sites for hydroxylation is 2. The summed E-state index contributed by atoms with van der Waals surface area (Å²) >= 11 is 1.58. The van der Waals surface area contributed by atoms with Gasteiger partial charge in [0.05, 0.1) is 5.69 Å². The Labute approximate surface area is 110 Å². The molecule has 0 spiro atoms. The molecule has 2 N–H and O–H groups in total. The van der Waals surface area contributed by atoms with E-state index in [4.69, 9.17) is 5.73 Å². The quantitative estimate of drug-likeness (QED) is 0.853. The van der Waals surface area contributed by atoms with Gasteiger partial charge in [0.15, 0.2) is 0 Å². The molecule has 4 heteroatoms. The Balaban J connectivity index is 2.07. The van der Waals surface area contributed by atoms with Gasteiger partial charge in [0.1, 0.15) is 10.8 Å². The molecule has 3 rings (SSSR count). The van der Waals surface area contributed by atoms with Crippen molar-refractivity contribution in [2.75, 3.05) is 0 Å². The first kappa shape index (κ1) is 11.8. The van der Waals surface area contributed by atoms with Crippen molar-refractivity contribution >= 4 is 11.3 Å². The first-order valence-corrected chi connectivity index (χ1v) is 6.98. The van der Waals surface area contributed by atoms with Crippen LogP contribution in [0.5, 0.6) is 0 Å². The molecule has 0 aliphatic heterocycles. The van der Waals surface area contributed by atoms with E-state index in [1.165, 1.54) is 4.88 Å². The molecule has 2 nitrogen and oxygen atoms in total. The van der Waals surface area contributed by atoms with Gasteiger partial charge in [0.2, 0.25) is 0 Å². The fraction of sp³-hybridized carbons (Fsp3) is 0.357. The minimum atomic E-state index is -0.199. The Morgan fingerprint density at radius 2 is 2.28 bits per heavy atom. The van der Waals surface area contributed by atoms with E-state index in [0.29, 0.717) is 5.56 Å². The third kappa shape index (κ3) is 1.95. The molecule has 0 radical (unpaired) electrons. The van der Waals surface area contributed by atoms with Crippen molar-refractivity contribution < 1.29 is 4.39 Å². The van der Waals surface area contributed by atoms with Crippen LogP contribution in [0.1, 0.15) is 35.0 Å². The lowest BCUT2D eigenvalue weighted by Gasteiger charge is -2.15.